The third-order valence-electron chi connectivity index (χ3n) is 4.60. The Morgan fingerprint density at radius 1 is 0.857 bits per heavy atom. The fraction of sp³-hybridized carbons (Fsp3) is 0.0870. The topological polar surface area (TPSA) is 25.0 Å². The zero-order valence-electron chi connectivity index (χ0n) is 14.9. The second-order valence-corrected chi connectivity index (χ2v) is 7.70. The second-order valence-electron chi connectivity index (χ2n) is 6.51. The van der Waals surface area contributed by atoms with Crippen LogP contribution in [0.25, 0.3) is 10.9 Å². The maximum Gasteiger partial charge on any atom is 0.208 e. The molecule has 2 nitrogen and oxygen atoms in total. The number of thiocarbonyl (C=S) groups is 1. The van der Waals surface area contributed by atoms with Crippen molar-refractivity contribution in [2.24, 2.45) is 0 Å². The molecule has 0 aliphatic rings. The molecule has 0 saturated heterocycles. The van der Waals surface area contributed by atoms with Crippen molar-refractivity contribution in [1.82, 2.24) is 4.98 Å². The minimum Gasteiger partial charge on any atom is -0.477 e. The van der Waals surface area contributed by atoms with E-state index in [9.17, 15) is 0 Å². The zero-order valence-corrected chi connectivity index (χ0v) is 17.2. The number of H-pyrrole nitrogens is 1. The summed E-state index contributed by atoms with van der Waals surface area (Å²) in [6, 6.07) is 24.0. The van der Waals surface area contributed by atoms with Crippen LogP contribution in [0.1, 0.15) is 22.4 Å². The second kappa shape index (κ2) is 8.36. The number of halogens is 2. The number of fused-ring (bicyclic) bond motifs is 1. The summed E-state index contributed by atoms with van der Waals surface area (Å²) in [6.07, 6.45) is 0.774. The van der Waals surface area contributed by atoms with Crippen LogP contribution in [0.15, 0.2) is 72.8 Å². The van der Waals surface area contributed by atoms with Gasteiger partial charge in [0.25, 0.3) is 0 Å². The van der Waals surface area contributed by atoms with Crippen molar-refractivity contribution >= 4 is 51.4 Å². The fourth-order valence-electron chi connectivity index (χ4n) is 3.21. The van der Waals surface area contributed by atoms with E-state index in [1.165, 1.54) is 5.56 Å². The number of rotatable bonds is 5. The number of hydrogen-bond donors (Lipinski definition) is 1. The van der Waals surface area contributed by atoms with Gasteiger partial charge in [-0.3, -0.25) is 0 Å². The molecule has 4 aromatic rings. The van der Waals surface area contributed by atoms with Crippen LogP contribution >= 0.6 is 35.4 Å². The molecule has 1 heterocycles. The Bertz CT molecular complexity index is 1140. The lowest BCUT2D eigenvalue weighted by molar-refractivity contribution is 0.301. The molecule has 28 heavy (non-hydrogen) atoms. The summed E-state index contributed by atoms with van der Waals surface area (Å²) in [7, 11) is 0. The van der Waals surface area contributed by atoms with Crippen LogP contribution in [0.2, 0.25) is 10.0 Å². The lowest BCUT2D eigenvalue weighted by Gasteiger charge is -2.10. The van der Waals surface area contributed by atoms with E-state index in [1.807, 2.05) is 36.4 Å². The molecule has 0 spiro atoms. The molecule has 140 valence electrons. The average molecular weight is 426 g/mol. The number of hydrogen-bond acceptors (Lipinski definition) is 2. The number of nitrogens with one attached hydrogen (secondary N) is 1. The molecule has 0 saturated carbocycles. The molecule has 0 fully saturated rings. The van der Waals surface area contributed by atoms with E-state index in [4.69, 9.17) is 40.2 Å². The van der Waals surface area contributed by atoms with E-state index in [1.54, 1.807) is 12.1 Å². The molecular formula is C23H17Cl2NOS. The third-order valence-corrected chi connectivity index (χ3v) is 5.66. The van der Waals surface area contributed by atoms with Gasteiger partial charge in [0.15, 0.2) is 0 Å². The first-order valence-electron chi connectivity index (χ1n) is 8.86. The van der Waals surface area contributed by atoms with Crippen molar-refractivity contribution < 1.29 is 4.74 Å². The highest BCUT2D eigenvalue weighted by Crippen LogP contribution is 2.27. The van der Waals surface area contributed by atoms with Crippen molar-refractivity contribution in [3.63, 3.8) is 0 Å². The third kappa shape index (κ3) is 4.07. The highest BCUT2D eigenvalue weighted by Gasteiger charge is 2.16. The summed E-state index contributed by atoms with van der Waals surface area (Å²) in [4.78, 5) is 3.43. The molecule has 0 aliphatic carbocycles. The van der Waals surface area contributed by atoms with Crippen LogP contribution in [-0.4, -0.2) is 10.0 Å². The van der Waals surface area contributed by atoms with E-state index >= 15 is 0 Å². The first-order valence-corrected chi connectivity index (χ1v) is 10.0. The van der Waals surface area contributed by atoms with Crippen LogP contribution < -0.4 is 0 Å². The Labute approximate surface area is 179 Å². The monoisotopic (exact) mass is 425 g/mol. The number of benzene rings is 3. The summed E-state index contributed by atoms with van der Waals surface area (Å²) in [5.41, 5.74) is 5.17. The molecule has 0 unspecified atom stereocenters. The Kier molecular flexibility index (Phi) is 5.67. The van der Waals surface area contributed by atoms with Crippen LogP contribution in [0.5, 0.6) is 0 Å². The Morgan fingerprint density at radius 3 is 2.39 bits per heavy atom. The largest absolute Gasteiger partial charge is 0.477 e. The molecule has 3 aromatic carbocycles. The van der Waals surface area contributed by atoms with Gasteiger partial charge in [-0.05, 0) is 47.1 Å². The zero-order chi connectivity index (χ0) is 19.5. The highest BCUT2D eigenvalue weighted by molar-refractivity contribution is 7.80. The van der Waals surface area contributed by atoms with Crippen LogP contribution in [0, 0.1) is 0 Å². The van der Waals surface area contributed by atoms with Gasteiger partial charge in [-0.2, -0.15) is 0 Å². The standard InChI is InChI=1S/C23H17Cl2NOS/c24-19-11-10-16(13-20(19)25)14-27-23(28)22-18(12-15-6-2-1-3-7-15)17-8-4-5-9-21(17)26-22/h1-11,13,26H,12,14H2. The Morgan fingerprint density at radius 2 is 1.61 bits per heavy atom. The first-order chi connectivity index (χ1) is 13.6. The normalized spacial score (nSPS) is 10.9. The Hall–Kier alpha value is -2.33. The first kappa shape index (κ1) is 19.0. The minimum absolute atomic E-state index is 0.329. The molecular weight excluding hydrogens is 409 g/mol. The summed E-state index contributed by atoms with van der Waals surface area (Å²) in [6.45, 7) is 0.329. The molecule has 5 heteroatoms. The van der Waals surface area contributed by atoms with Crippen molar-refractivity contribution in [3.05, 3.63) is 105 Å². The van der Waals surface area contributed by atoms with E-state index < -0.39 is 0 Å². The molecule has 0 amide bonds. The van der Waals surface area contributed by atoms with E-state index in [-0.39, 0.29) is 0 Å². The maximum absolute atomic E-state index is 6.09. The smallest absolute Gasteiger partial charge is 0.208 e. The van der Waals surface area contributed by atoms with Gasteiger partial charge >= 0.3 is 0 Å². The van der Waals surface area contributed by atoms with E-state index in [2.05, 4.69) is 29.2 Å². The van der Waals surface area contributed by atoms with Gasteiger partial charge in [-0.1, -0.05) is 77.8 Å². The average Bonchev–Trinajstić information content (AvgIpc) is 3.08. The van der Waals surface area contributed by atoms with Gasteiger partial charge in [-0.25, -0.2) is 0 Å². The predicted octanol–water partition coefficient (Wildman–Crippen LogP) is 6.96. The highest BCUT2D eigenvalue weighted by atomic mass is 35.5. The molecule has 0 aliphatic heterocycles. The Balaban J connectivity index is 1.62. The summed E-state index contributed by atoms with van der Waals surface area (Å²) in [5.74, 6) is 0. The quantitative estimate of drug-likeness (QED) is 0.349. The van der Waals surface area contributed by atoms with Crippen LogP contribution in [-0.2, 0) is 17.8 Å². The number of para-hydroxylation sites is 1. The van der Waals surface area contributed by atoms with Crippen molar-refractivity contribution in [2.45, 2.75) is 13.0 Å². The van der Waals surface area contributed by atoms with Gasteiger partial charge in [0.2, 0.25) is 5.05 Å². The van der Waals surface area contributed by atoms with Gasteiger partial charge < -0.3 is 9.72 Å². The van der Waals surface area contributed by atoms with Crippen molar-refractivity contribution in [2.75, 3.05) is 0 Å². The number of ether oxygens (including phenoxy) is 1. The van der Waals surface area contributed by atoms with Gasteiger partial charge in [0, 0.05) is 17.3 Å². The van der Waals surface area contributed by atoms with Gasteiger partial charge in [-0.15, -0.1) is 0 Å². The maximum atomic E-state index is 6.09. The van der Waals surface area contributed by atoms with E-state index in [0.29, 0.717) is 21.7 Å². The molecule has 0 atom stereocenters. The van der Waals surface area contributed by atoms with Crippen molar-refractivity contribution in [1.29, 1.82) is 0 Å². The van der Waals surface area contributed by atoms with Crippen LogP contribution in [0.3, 0.4) is 0 Å². The fourth-order valence-corrected chi connectivity index (χ4v) is 3.76. The van der Waals surface area contributed by atoms with E-state index in [0.717, 1.165) is 34.1 Å². The lowest BCUT2D eigenvalue weighted by atomic mass is 10.0. The van der Waals surface area contributed by atoms with Gasteiger partial charge in [0.05, 0.1) is 15.7 Å². The summed E-state index contributed by atoms with van der Waals surface area (Å²) < 4.78 is 5.92. The molecule has 0 bridgehead atoms. The SMILES string of the molecule is S=C(OCc1ccc(Cl)c(Cl)c1)c1[nH]c2ccccc2c1Cc1ccccc1. The van der Waals surface area contributed by atoms with Crippen molar-refractivity contribution in [3.8, 4) is 0 Å². The van der Waals surface area contributed by atoms with Gasteiger partial charge in [0.1, 0.15) is 6.61 Å². The molecule has 0 radical (unpaired) electrons. The van der Waals surface area contributed by atoms with Crippen LogP contribution in [0.4, 0.5) is 0 Å². The number of aromatic nitrogens is 1. The molecule has 1 aromatic heterocycles. The minimum atomic E-state index is 0.329. The lowest BCUT2D eigenvalue weighted by Crippen LogP contribution is -2.07. The molecule has 4 rings (SSSR count). The predicted molar refractivity (Wildman–Crippen MR) is 120 cm³/mol. The summed E-state index contributed by atoms with van der Waals surface area (Å²) in [5, 5.41) is 2.62. The summed E-state index contributed by atoms with van der Waals surface area (Å²) >= 11 is 17.7. The number of aromatic amines is 1. The molecule has 1 N–H and O–H groups in total.